The van der Waals surface area contributed by atoms with Gasteiger partial charge in [-0.1, -0.05) is 12.8 Å². The van der Waals surface area contributed by atoms with Crippen LogP contribution in [0, 0.1) is 5.92 Å². The number of amides is 1. The quantitative estimate of drug-likeness (QED) is 0.423. The van der Waals surface area contributed by atoms with Crippen LogP contribution in [-0.4, -0.2) is 59.3 Å². The lowest BCUT2D eigenvalue weighted by molar-refractivity contribution is -0.120. The van der Waals surface area contributed by atoms with Gasteiger partial charge in [-0.25, -0.2) is 0 Å². The Morgan fingerprint density at radius 3 is 2.79 bits per heavy atom. The lowest BCUT2D eigenvalue weighted by Gasteiger charge is -2.35. The van der Waals surface area contributed by atoms with Crippen LogP contribution in [0.5, 0.6) is 0 Å². The molecule has 24 heavy (non-hydrogen) atoms. The van der Waals surface area contributed by atoms with Gasteiger partial charge in [0.05, 0.1) is 11.9 Å². The Kier molecular flexibility index (Phi) is 6.88. The van der Waals surface area contributed by atoms with E-state index >= 15 is 0 Å². The van der Waals surface area contributed by atoms with Crippen molar-refractivity contribution in [1.82, 2.24) is 20.0 Å². The number of aromatic nitrogens is 2. The van der Waals surface area contributed by atoms with Gasteiger partial charge in [0.1, 0.15) is 6.54 Å². The third-order valence-corrected chi connectivity index (χ3v) is 4.35. The van der Waals surface area contributed by atoms with Crippen LogP contribution in [0.2, 0.25) is 0 Å². The summed E-state index contributed by atoms with van der Waals surface area (Å²) in [4.78, 5) is 21.0. The largest absolute Gasteiger partial charge is 0.357 e. The van der Waals surface area contributed by atoms with Gasteiger partial charge in [0.2, 0.25) is 5.91 Å². The smallest absolute Gasteiger partial charge is 0.246 e. The minimum absolute atomic E-state index is 0. The van der Waals surface area contributed by atoms with Crippen LogP contribution < -0.4 is 10.2 Å². The molecule has 8 heteroatoms. The molecule has 0 unspecified atom stereocenters. The zero-order valence-electron chi connectivity index (χ0n) is 14.4. The molecule has 1 saturated carbocycles. The lowest BCUT2D eigenvalue weighted by atomic mass is 10.3. The number of hydrogen-bond donors (Lipinski definition) is 1. The highest BCUT2D eigenvalue weighted by Gasteiger charge is 2.28. The van der Waals surface area contributed by atoms with Gasteiger partial charge >= 0.3 is 0 Å². The van der Waals surface area contributed by atoms with Crippen molar-refractivity contribution in [1.29, 1.82) is 0 Å². The molecule has 1 aliphatic carbocycles. The molecule has 134 valence electrons. The summed E-state index contributed by atoms with van der Waals surface area (Å²) in [6, 6.07) is 0. The fraction of sp³-hybridized carbons (Fsp3) is 0.688. The normalized spacial score (nSPS) is 18.6. The monoisotopic (exact) mass is 446 g/mol. The molecule has 0 spiro atoms. The minimum Gasteiger partial charge on any atom is -0.357 e. The number of guanidine groups is 1. The Morgan fingerprint density at radius 2 is 2.21 bits per heavy atom. The number of piperazine rings is 1. The van der Waals surface area contributed by atoms with Crippen LogP contribution in [0.3, 0.4) is 0 Å². The van der Waals surface area contributed by atoms with Gasteiger partial charge in [0.15, 0.2) is 5.96 Å². The average Bonchev–Trinajstić information content (AvgIpc) is 3.26. The van der Waals surface area contributed by atoms with E-state index in [4.69, 9.17) is 4.99 Å². The molecule has 0 bridgehead atoms. The van der Waals surface area contributed by atoms with Crippen molar-refractivity contribution in [3.63, 3.8) is 0 Å². The van der Waals surface area contributed by atoms with Crippen molar-refractivity contribution in [2.45, 2.75) is 26.2 Å². The summed E-state index contributed by atoms with van der Waals surface area (Å²) in [6.45, 7) is 5.55. The molecule has 0 radical (unpaired) electrons. The highest BCUT2D eigenvalue weighted by Crippen LogP contribution is 2.32. The highest BCUT2D eigenvalue weighted by atomic mass is 127. The fourth-order valence-electron chi connectivity index (χ4n) is 2.86. The third-order valence-electron chi connectivity index (χ3n) is 4.35. The van der Waals surface area contributed by atoms with Gasteiger partial charge in [-0.3, -0.25) is 14.5 Å². The minimum atomic E-state index is 0. The summed E-state index contributed by atoms with van der Waals surface area (Å²) >= 11 is 0. The first kappa shape index (κ1) is 19.0. The molecule has 1 aliphatic heterocycles. The number of aliphatic imine (C=N–C) groups is 1. The molecule has 1 saturated heterocycles. The second-order valence-electron chi connectivity index (χ2n) is 6.31. The second kappa shape index (κ2) is 8.68. The first-order valence-electron chi connectivity index (χ1n) is 8.49. The number of nitrogens with one attached hydrogen (secondary N) is 1. The van der Waals surface area contributed by atoms with E-state index < -0.39 is 0 Å². The Balaban J connectivity index is 0.00000208. The van der Waals surface area contributed by atoms with E-state index in [1.54, 1.807) is 15.8 Å². The number of halogens is 1. The predicted molar refractivity (Wildman–Crippen MR) is 106 cm³/mol. The van der Waals surface area contributed by atoms with Gasteiger partial charge in [0.25, 0.3) is 0 Å². The number of nitrogens with zero attached hydrogens (tertiary/aromatic N) is 5. The van der Waals surface area contributed by atoms with Crippen LogP contribution in [0.4, 0.5) is 5.69 Å². The van der Waals surface area contributed by atoms with Crippen molar-refractivity contribution < 1.29 is 4.79 Å². The molecule has 2 aliphatic rings. The van der Waals surface area contributed by atoms with Crippen LogP contribution in [0.15, 0.2) is 17.4 Å². The maximum absolute atomic E-state index is 12.5. The van der Waals surface area contributed by atoms with Gasteiger partial charge < -0.3 is 15.1 Å². The standard InChI is InChI=1S/C16H26N6O.HI/c1-3-17-16(18-7-6-13-4-5-13)21-8-9-22(15(23)12-21)14-10-19-20(2)11-14;/h10-11,13H,3-9,12H2,1-2H3,(H,17,18);1H. The highest BCUT2D eigenvalue weighted by molar-refractivity contribution is 14.0. The zero-order chi connectivity index (χ0) is 16.2. The molecular weight excluding hydrogens is 419 g/mol. The summed E-state index contributed by atoms with van der Waals surface area (Å²) in [7, 11) is 1.86. The van der Waals surface area contributed by atoms with Crippen molar-refractivity contribution in [3.05, 3.63) is 12.4 Å². The molecule has 2 heterocycles. The molecule has 1 aromatic heterocycles. The summed E-state index contributed by atoms with van der Waals surface area (Å²) < 4.78 is 1.72. The number of aryl methyl sites for hydroxylation is 1. The van der Waals surface area contributed by atoms with E-state index in [9.17, 15) is 4.79 Å². The van der Waals surface area contributed by atoms with E-state index in [1.165, 1.54) is 19.3 Å². The molecule has 1 aromatic rings. The van der Waals surface area contributed by atoms with Crippen LogP contribution >= 0.6 is 24.0 Å². The zero-order valence-corrected chi connectivity index (χ0v) is 16.8. The van der Waals surface area contributed by atoms with Gasteiger partial charge in [-0.05, 0) is 19.3 Å². The number of carbonyl (C=O) groups excluding carboxylic acids is 1. The molecule has 0 aromatic carbocycles. The number of hydrogen-bond acceptors (Lipinski definition) is 3. The van der Waals surface area contributed by atoms with E-state index in [1.807, 2.05) is 13.2 Å². The van der Waals surface area contributed by atoms with Crippen molar-refractivity contribution >= 4 is 41.5 Å². The number of rotatable bonds is 5. The SMILES string of the molecule is CCNC(=NCCC1CC1)N1CCN(c2cnn(C)c2)C(=O)C1.I. The maximum atomic E-state index is 12.5. The van der Waals surface area contributed by atoms with Crippen molar-refractivity contribution in [2.24, 2.45) is 18.0 Å². The molecule has 0 atom stereocenters. The Bertz CT molecular complexity index is 583. The second-order valence-corrected chi connectivity index (χ2v) is 6.31. The third kappa shape index (κ3) is 4.84. The maximum Gasteiger partial charge on any atom is 0.246 e. The number of anilines is 1. The van der Waals surface area contributed by atoms with Crippen molar-refractivity contribution in [2.75, 3.05) is 37.6 Å². The molecule has 1 amide bonds. The Morgan fingerprint density at radius 1 is 1.42 bits per heavy atom. The molecule has 3 rings (SSSR count). The van der Waals surface area contributed by atoms with Crippen LogP contribution in [0.25, 0.3) is 0 Å². The van der Waals surface area contributed by atoms with E-state index in [0.717, 1.165) is 37.2 Å². The lowest BCUT2D eigenvalue weighted by Crippen LogP contribution is -2.55. The van der Waals surface area contributed by atoms with E-state index in [-0.39, 0.29) is 29.9 Å². The molecule has 1 N–H and O–H groups in total. The molecule has 2 fully saturated rings. The average molecular weight is 446 g/mol. The van der Waals surface area contributed by atoms with Crippen LogP contribution in [-0.2, 0) is 11.8 Å². The van der Waals surface area contributed by atoms with Crippen LogP contribution in [0.1, 0.15) is 26.2 Å². The van der Waals surface area contributed by atoms with Crippen molar-refractivity contribution in [3.8, 4) is 0 Å². The van der Waals surface area contributed by atoms with E-state index in [2.05, 4.69) is 22.2 Å². The summed E-state index contributed by atoms with van der Waals surface area (Å²) in [5.41, 5.74) is 0.868. The number of carbonyl (C=O) groups is 1. The Hall–Kier alpha value is -1.32. The predicted octanol–water partition coefficient (Wildman–Crippen LogP) is 1.45. The summed E-state index contributed by atoms with van der Waals surface area (Å²) in [6.07, 6.45) is 7.49. The van der Waals surface area contributed by atoms with E-state index in [0.29, 0.717) is 13.1 Å². The van der Waals surface area contributed by atoms with Gasteiger partial charge in [-0.2, -0.15) is 5.10 Å². The fourth-order valence-corrected chi connectivity index (χ4v) is 2.86. The molecule has 7 nitrogen and oxygen atoms in total. The van der Waals surface area contributed by atoms with Gasteiger partial charge in [0, 0.05) is 39.4 Å². The Labute approximate surface area is 160 Å². The summed E-state index contributed by atoms with van der Waals surface area (Å²) in [5, 5.41) is 7.46. The summed E-state index contributed by atoms with van der Waals surface area (Å²) in [5.74, 6) is 1.84. The first-order chi connectivity index (χ1) is 11.2. The first-order valence-corrected chi connectivity index (χ1v) is 8.49. The van der Waals surface area contributed by atoms with Gasteiger partial charge in [-0.15, -0.1) is 24.0 Å². The topological polar surface area (TPSA) is 65.8 Å². The molecular formula is C16H27IN6O.